The summed E-state index contributed by atoms with van der Waals surface area (Å²) in [4.78, 5) is 11.5. The number of esters is 1. The number of ether oxygens (including phenoxy) is 1. The smallest absolute Gasteiger partial charge is 0.311 e. The van der Waals surface area contributed by atoms with E-state index in [-0.39, 0.29) is 12.6 Å². The molecule has 0 aromatic rings. The predicted octanol–water partition coefficient (Wildman–Crippen LogP) is 2.44. The maximum absolute atomic E-state index is 12.0. The van der Waals surface area contributed by atoms with E-state index in [4.69, 9.17) is 4.74 Å². The number of hydroxylamine groups is 3. The van der Waals surface area contributed by atoms with E-state index >= 15 is 0 Å². The fourth-order valence-corrected chi connectivity index (χ4v) is 1.15. The van der Waals surface area contributed by atoms with Crippen molar-refractivity contribution in [3.05, 3.63) is 17.5 Å². The molecular weight excluding hydrogens is 206 g/mol. The highest BCUT2D eigenvalue weighted by Gasteiger charge is 2.25. The minimum absolute atomic E-state index is 0.00127. The van der Waals surface area contributed by atoms with Crippen molar-refractivity contribution in [2.75, 3.05) is 19.7 Å². The van der Waals surface area contributed by atoms with E-state index in [1.54, 1.807) is 34.6 Å². The average molecular weight is 229 g/mol. The standard InChI is InChI=1S/C12H23NO3/c1-7-13(15,8-2)10(3)9-16-11(14)12(4,5)6/h3,7-9H2,1-2,4-6H3. The van der Waals surface area contributed by atoms with Crippen molar-refractivity contribution in [3.8, 4) is 0 Å². The zero-order valence-corrected chi connectivity index (χ0v) is 11.0. The van der Waals surface area contributed by atoms with Crippen molar-refractivity contribution in [1.29, 1.82) is 0 Å². The molecule has 0 saturated carbocycles. The van der Waals surface area contributed by atoms with E-state index in [9.17, 15) is 10.0 Å². The van der Waals surface area contributed by atoms with E-state index < -0.39 is 10.1 Å². The molecule has 0 aliphatic heterocycles. The summed E-state index contributed by atoms with van der Waals surface area (Å²) in [5.41, 5.74) is -0.153. The van der Waals surface area contributed by atoms with Gasteiger partial charge in [0.1, 0.15) is 5.70 Å². The minimum Gasteiger partial charge on any atom is -0.628 e. The topological polar surface area (TPSA) is 49.4 Å². The Morgan fingerprint density at radius 3 is 2.06 bits per heavy atom. The molecule has 0 N–H and O–H groups in total. The maximum atomic E-state index is 12.0. The molecule has 4 nitrogen and oxygen atoms in total. The van der Waals surface area contributed by atoms with Crippen molar-refractivity contribution in [3.63, 3.8) is 0 Å². The first kappa shape index (κ1) is 15.1. The Balaban J connectivity index is 4.33. The molecule has 0 rings (SSSR count). The normalized spacial score (nSPS) is 12.4. The van der Waals surface area contributed by atoms with Crippen LogP contribution in [0.2, 0.25) is 0 Å². The lowest BCUT2D eigenvalue weighted by Crippen LogP contribution is -2.42. The number of carbonyl (C=O) groups excluding carboxylic acids is 1. The monoisotopic (exact) mass is 229 g/mol. The SMILES string of the molecule is C=C(COC(=O)C(C)(C)C)[N+]([O-])(CC)CC. The highest BCUT2D eigenvalue weighted by atomic mass is 16.6. The summed E-state index contributed by atoms with van der Waals surface area (Å²) in [5, 5.41) is 12.0. The van der Waals surface area contributed by atoms with Gasteiger partial charge in [-0.3, -0.25) is 4.79 Å². The molecule has 0 aliphatic carbocycles. The van der Waals surface area contributed by atoms with Crippen LogP contribution in [0.4, 0.5) is 0 Å². The first-order valence-corrected chi connectivity index (χ1v) is 5.61. The number of hydrogen-bond donors (Lipinski definition) is 0. The van der Waals surface area contributed by atoms with Gasteiger partial charge in [-0.2, -0.15) is 0 Å². The Labute approximate surface area is 98.1 Å². The Hall–Kier alpha value is -0.870. The fourth-order valence-electron chi connectivity index (χ4n) is 1.15. The molecule has 0 bridgehead atoms. The molecular formula is C12H23NO3. The second-order valence-electron chi connectivity index (χ2n) is 4.91. The third kappa shape index (κ3) is 3.94. The fraction of sp³-hybridized carbons (Fsp3) is 0.750. The van der Waals surface area contributed by atoms with Gasteiger partial charge in [-0.15, -0.1) is 0 Å². The molecule has 4 heteroatoms. The summed E-state index contributed by atoms with van der Waals surface area (Å²) >= 11 is 0. The van der Waals surface area contributed by atoms with E-state index in [0.29, 0.717) is 18.8 Å². The molecule has 0 aliphatic rings. The largest absolute Gasteiger partial charge is 0.628 e. The van der Waals surface area contributed by atoms with E-state index in [1.807, 2.05) is 0 Å². The van der Waals surface area contributed by atoms with Gasteiger partial charge in [0.05, 0.1) is 18.5 Å². The third-order valence-corrected chi connectivity index (χ3v) is 2.58. The molecule has 0 fully saturated rings. The molecule has 94 valence electrons. The van der Waals surface area contributed by atoms with Crippen LogP contribution in [0.1, 0.15) is 34.6 Å². The van der Waals surface area contributed by atoms with Crippen molar-refractivity contribution in [2.45, 2.75) is 34.6 Å². The molecule has 0 spiro atoms. The molecule has 0 saturated heterocycles. The van der Waals surface area contributed by atoms with Crippen LogP contribution in [0, 0.1) is 10.6 Å². The van der Waals surface area contributed by atoms with Gasteiger partial charge < -0.3 is 14.6 Å². The molecule has 0 aromatic carbocycles. The summed E-state index contributed by atoms with van der Waals surface area (Å²) in [6.07, 6.45) is 0. The number of nitrogens with zero attached hydrogens (tertiary/aromatic N) is 1. The third-order valence-electron chi connectivity index (χ3n) is 2.58. The predicted molar refractivity (Wildman–Crippen MR) is 64.3 cm³/mol. The molecule has 0 unspecified atom stereocenters. The van der Waals surface area contributed by atoms with Gasteiger partial charge >= 0.3 is 5.97 Å². The Bertz CT molecular complexity index is 262. The highest BCUT2D eigenvalue weighted by molar-refractivity contribution is 5.75. The van der Waals surface area contributed by atoms with Gasteiger partial charge in [-0.05, 0) is 41.2 Å². The lowest BCUT2D eigenvalue weighted by Gasteiger charge is -2.41. The van der Waals surface area contributed by atoms with E-state index in [1.165, 1.54) is 0 Å². The van der Waals surface area contributed by atoms with Crippen molar-refractivity contribution < 1.29 is 14.2 Å². The van der Waals surface area contributed by atoms with Crippen molar-refractivity contribution in [2.24, 2.45) is 5.41 Å². The van der Waals surface area contributed by atoms with Gasteiger partial charge in [0, 0.05) is 0 Å². The zero-order chi connectivity index (χ0) is 13.0. The van der Waals surface area contributed by atoms with Crippen LogP contribution in [-0.4, -0.2) is 30.3 Å². The summed E-state index contributed by atoms with van der Waals surface area (Å²) in [5.74, 6) is -0.313. The van der Waals surface area contributed by atoms with Crippen molar-refractivity contribution in [1.82, 2.24) is 0 Å². The molecule has 0 radical (unpaired) electrons. The first-order chi connectivity index (χ1) is 7.17. The minimum atomic E-state index is -0.544. The van der Waals surface area contributed by atoms with Gasteiger partial charge in [0.25, 0.3) is 0 Å². The number of rotatable bonds is 5. The summed E-state index contributed by atoms with van der Waals surface area (Å²) in [7, 11) is 0. The number of carbonyl (C=O) groups is 1. The van der Waals surface area contributed by atoms with Gasteiger partial charge in [-0.1, -0.05) is 0 Å². The lowest BCUT2D eigenvalue weighted by atomic mass is 9.97. The molecule has 0 amide bonds. The summed E-state index contributed by atoms with van der Waals surface area (Å²) in [6.45, 7) is 13.4. The van der Waals surface area contributed by atoms with Gasteiger partial charge in [0.15, 0.2) is 6.61 Å². The lowest BCUT2D eigenvalue weighted by molar-refractivity contribution is -0.840. The number of hydrogen-bond acceptors (Lipinski definition) is 3. The summed E-state index contributed by atoms with van der Waals surface area (Å²) < 4.78 is 4.56. The maximum Gasteiger partial charge on any atom is 0.311 e. The van der Waals surface area contributed by atoms with Crippen LogP contribution in [0.5, 0.6) is 0 Å². The first-order valence-electron chi connectivity index (χ1n) is 5.61. The summed E-state index contributed by atoms with van der Waals surface area (Å²) in [6, 6.07) is 0. The van der Waals surface area contributed by atoms with E-state index in [2.05, 4.69) is 6.58 Å². The highest BCUT2D eigenvalue weighted by Crippen LogP contribution is 2.18. The molecule has 16 heavy (non-hydrogen) atoms. The van der Waals surface area contributed by atoms with Crippen LogP contribution in [0.25, 0.3) is 0 Å². The number of quaternary nitrogens is 1. The van der Waals surface area contributed by atoms with Crippen molar-refractivity contribution >= 4 is 5.97 Å². The Morgan fingerprint density at radius 2 is 1.75 bits per heavy atom. The molecule has 0 aromatic heterocycles. The number of likely N-dealkylation sites (N-methyl/N-ethyl adjacent to an activating group) is 1. The van der Waals surface area contributed by atoms with Crippen LogP contribution in [-0.2, 0) is 9.53 Å². The quantitative estimate of drug-likeness (QED) is 0.413. The van der Waals surface area contributed by atoms with Crippen LogP contribution in [0.3, 0.4) is 0 Å². The Morgan fingerprint density at radius 1 is 1.31 bits per heavy atom. The second kappa shape index (κ2) is 5.46. The molecule has 0 heterocycles. The van der Waals surface area contributed by atoms with Crippen LogP contribution >= 0.6 is 0 Å². The van der Waals surface area contributed by atoms with Gasteiger partial charge in [0.2, 0.25) is 0 Å². The van der Waals surface area contributed by atoms with Crippen LogP contribution in [0.15, 0.2) is 12.3 Å². The molecule has 0 atom stereocenters. The van der Waals surface area contributed by atoms with Crippen LogP contribution < -0.4 is 0 Å². The zero-order valence-electron chi connectivity index (χ0n) is 11.0. The second-order valence-corrected chi connectivity index (χ2v) is 4.91. The van der Waals surface area contributed by atoms with Gasteiger partial charge in [-0.25, -0.2) is 0 Å². The van der Waals surface area contributed by atoms with E-state index in [0.717, 1.165) is 0 Å². The Kier molecular flexibility index (Phi) is 5.16. The average Bonchev–Trinajstić information content (AvgIpc) is 2.22.